The van der Waals surface area contributed by atoms with Gasteiger partial charge in [-0.15, -0.1) is 4.40 Å². The number of rotatable bonds is 13. The standard InChI is InChI=1S/C20H33N3O2S2/c1-2-3-4-5-6-7-8-9-10-14-17-23-18-26-20(21-23)22-27(24,25)19-15-12-11-13-16-19/h11-13,15-16H,2-10,14,17-18H2,1H3,(H,21,22). The van der Waals surface area contributed by atoms with Crippen LogP contribution in [0, 0.1) is 0 Å². The first kappa shape index (κ1) is 22.2. The molecule has 1 aliphatic heterocycles. The largest absolute Gasteiger partial charge is 0.296 e. The smallest absolute Gasteiger partial charge is 0.284 e. The molecule has 1 saturated heterocycles. The fraction of sp³-hybridized carbons (Fsp3) is 0.650. The van der Waals surface area contributed by atoms with E-state index in [9.17, 15) is 8.42 Å². The van der Waals surface area contributed by atoms with Crippen molar-refractivity contribution in [2.45, 2.75) is 76.0 Å². The van der Waals surface area contributed by atoms with Crippen molar-refractivity contribution in [1.29, 1.82) is 0 Å². The van der Waals surface area contributed by atoms with Crippen molar-refractivity contribution in [3.8, 4) is 0 Å². The Morgan fingerprint density at radius 2 is 1.56 bits per heavy atom. The summed E-state index contributed by atoms with van der Waals surface area (Å²) in [6, 6.07) is 8.35. The van der Waals surface area contributed by atoms with E-state index < -0.39 is 10.0 Å². The molecule has 1 aromatic rings. The van der Waals surface area contributed by atoms with Gasteiger partial charge in [0.1, 0.15) is 0 Å². The van der Waals surface area contributed by atoms with Crippen LogP contribution < -0.4 is 5.43 Å². The second-order valence-corrected chi connectivity index (χ2v) is 9.55. The van der Waals surface area contributed by atoms with E-state index in [-0.39, 0.29) is 4.90 Å². The number of nitrogens with zero attached hydrogens (tertiary/aromatic N) is 2. The highest BCUT2D eigenvalue weighted by atomic mass is 32.2. The molecule has 152 valence electrons. The topological polar surface area (TPSA) is 61.8 Å². The Morgan fingerprint density at radius 3 is 2.19 bits per heavy atom. The summed E-state index contributed by atoms with van der Waals surface area (Å²) in [5, 5.41) is 2.51. The van der Waals surface area contributed by atoms with Gasteiger partial charge in [-0.2, -0.15) is 8.42 Å². The van der Waals surface area contributed by atoms with Crippen molar-refractivity contribution in [3.05, 3.63) is 30.3 Å². The highest BCUT2D eigenvalue weighted by Gasteiger charge is 2.21. The molecule has 0 unspecified atom stereocenters. The van der Waals surface area contributed by atoms with Gasteiger partial charge < -0.3 is 0 Å². The molecular formula is C20H33N3O2S2. The van der Waals surface area contributed by atoms with Crippen molar-refractivity contribution in [1.82, 2.24) is 10.4 Å². The summed E-state index contributed by atoms with van der Waals surface area (Å²) >= 11 is 1.44. The number of thioether (sulfide) groups is 1. The van der Waals surface area contributed by atoms with Crippen LogP contribution in [0.1, 0.15) is 71.1 Å². The molecule has 1 fully saturated rings. The Hall–Kier alpha value is -1.05. The first-order valence-corrected chi connectivity index (χ1v) is 12.6. The van der Waals surface area contributed by atoms with Gasteiger partial charge in [-0.05, 0) is 18.6 Å². The maximum absolute atomic E-state index is 12.3. The van der Waals surface area contributed by atoms with Gasteiger partial charge in [0.15, 0.2) is 5.17 Å². The Kier molecular flexibility index (Phi) is 10.2. The van der Waals surface area contributed by atoms with Crippen molar-refractivity contribution in [2.24, 2.45) is 4.40 Å². The minimum absolute atomic E-state index is 0.230. The van der Waals surface area contributed by atoms with Crippen LogP contribution in [-0.2, 0) is 10.0 Å². The number of hydrogen-bond acceptors (Lipinski definition) is 4. The monoisotopic (exact) mass is 411 g/mol. The Morgan fingerprint density at radius 1 is 0.963 bits per heavy atom. The minimum Gasteiger partial charge on any atom is -0.296 e. The molecule has 7 heteroatoms. The molecule has 1 heterocycles. The molecule has 0 bridgehead atoms. The van der Waals surface area contributed by atoms with Crippen LogP contribution in [0.4, 0.5) is 0 Å². The van der Waals surface area contributed by atoms with E-state index in [4.69, 9.17) is 0 Å². The summed E-state index contributed by atoms with van der Waals surface area (Å²) in [6.45, 7) is 3.18. The summed E-state index contributed by atoms with van der Waals surface area (Å²) in [5.74, 6) is 0.737. The van der Waals surface area contributed by atoms with Crippen molar-refractivity contribution >= 4 is 27.0 Å². The molecule has 0 radical (unpaired) electrons. The number of amidine groups is 1. The third-order valence-electron chi connectivity index (χ3n) is 4.64. The lowest BCUT2D eigenvalue weighted by molar-refractivity contribution is 0.282. The van der Waals surface area contributed by atoms with Crippen molar-refractivity contribution < 1.29 is 8.42 Å². The normalized spacial score (nSPS) is 16.7. The van der Waals surface area contributed by atoms with Crippen LogP contribution in [0.3, 0.4) is 0 Å². The lowest BCUT2D eigenvalue weighted by atomic mass is 10.1. The molecule has 2 rings (SSSR count). The number of hydrazine groups is 1. The summed E-state index contributed by atoms with van der Waals surface area (Å²) in [7, 11) is -3.63. The minimum atomic E-state index is -3.63. The van der Waals surface area contributed by atoms with Crippen LogP contribution in [-0.4, -0.2) is 31.0 Å². The Bertz CT molecular complexity index is 663. The van der Waals surface area contributed by atoms with E-state index in [1.54, 1.807) is 30.3 Å². The zero-order valence-electron chi connectivity index (χ0n) is 16.4. The Labute approximate surface area is 169 Å². The molecule has 1 N–H and O–H groups in total. The van der Waals surface area contributed by atoms with Gasteiger partial charge in [0.25, 0.3) is 10.0 Å². The van der Waals surface area contributed by atoms with Crippen molar-refractivity contribution in [3.63, 3.8) is 0 Å². The van der Waals surface area contributed by atoms with Gasteiger partial charge in [-0.1, -0.05) is 94.7 Å². The third-order valence-corrected chi connectivity index (χ3v) is 6.94. The summed E-state index contributed by atoms with van der Waals surface area (Å²) < 4.78 is 28.5. The molecular weight excluding hydrogens is 378 g/mol. The SMILES string of the molecule is CCCCCCCCCCCCN1CSC(=NS(=O)(=O)c2ccccc2)N1. The third kappa shape index (κ3) is 8.66. The molecule has 27 heavy (non-hydrogen) atoms. The number of sulfonamides is 1. The second-order valence-electron chi connectivity index (χ2n) is 7.02. The average Bonchev–Trinajstić information content (AvgIpc) is 3.10. The molecule has 0 spiro atoms. The first-order chi connectivity index (χ1) is 13.1. The molecule has 0 amide bonds. The molecule has 0 atom stereocenters. The number of nitrogens with one attached hydrogen (secondary N) is 1. The van der Waals surface area contributed by atoms with E-state index in [1.807, 2.05) is 0 Å². The predicted molar refractivity (Wildman–Crippen MR) is 115 cm³/mol. The van der Waals surface area contributed by atoms with Crippen LogP contribution >= 0.6 is 11.8 Å². The maximum atomic E-state index is 12.3. The van der Waals surface area contributed by atoms with Crippen LogP contribution in [0.25, 0.3) is 0 Å². The van der Waals surface area contributed by atoms with Crippen molar-refractivity contribution in [2.75, 3.05) is 12.4 Å². The fourth-order valence-electron chi connectivity index (χ4n) is 3.05. The van der Waals surface area contributed by atoms with Crippen LogP contribution in [0.15, 0.2) is 39.6 Å². The van der Waals surface area contributed by atoms with Gasteiger partial charge in [-0.25, -0.2) is 5.01 Å². The lowest BCUT2D eigenvalue weighted by Crippen LogP contribution is -2.34. The number of benzene rings is 1. The lowest BCUT2D eigenvalue weighted by Gasteiger charge is -2.14. The van der Waals surface area contributed by atoms with E-state index >= 15 is 0 Å². The first-order valence-electron chi connectivity index (χ1n) is 10.2. The van der Waals surface area contributed by atoms with E-state index in [0.29, 0.717) is 5.17 Å². The molecule has 5 nitrogen and oxygen atoms in total. The number of hydrogen-bond donors (Lipinski definition) is 1. The maximum Gasteiger partial charge on any atom is 0.284 e. The molecule has 0 saturated carbocycles. The summed E-state index contributed by atoms with van der Waals surface area (Å²) in [4.78, 5) is 0.230. The van der Waals surface area contributed by atoms with Gasteiger partial charge in [-0.3, -0.25) is 5.43 Å². The van der Waals surface area contributed by atoms with E-state index in [0.717, 1.165) is 18.8 Å². The zero-order valence-corrected chi connectivity index (χ0v) is 18.0. The van der Waals surface area contributed by atoms with Gasteiger partial charge in [0, 0.05) is 6.54 Å². The van der Waals surface area contributed by atoms with Crippen LogP contribution in [0.2, 0.25) is 0 Å². The quantitative estimate of drug-likeness (QED) is 0.454. The van der Waals surface area contributed by atoms with Gasteiger partial charge in [0.2, 0.25) is 0 Å². The molecule has 0 aliphatic carbocycles. The predicted octanol–water partition coefficient (Wildman–Crippen LogP) is 5.16. The summed E-state index contributed by atoms with van der Waals surface area (Å²) in [6.07, 6.45) is 13.2. The highest BCUT2D eigenvalue weighted by Crippen LogP contribution is 2.19. The molecule has 1 aliphatic rings. The van der Waals surface area contributed by atoms with Gasteiger partial charge in [0.05, 0.1) is 10.8 Å². The Balaban J connectivity index is 1.59. The molecule has 0 aromatic heterocycles. The zero-order chi connectivity index (χ0) is 19.4. The second kappa shape index (κ2) is 12.4. The highest BCUT2D eigenvalue weighted by molar-refractivity contribution is 8.14. The van der Waals surface area contributed by atoms with E-state index in [1.165, 1.54) is 69.5 Å². The number of unbranched alkanes of at least 4 members (excludes halogenated alkanes) is 9. The van der Waals surface area contributed by atoms with Gasteiger partial charge >= 0.3 is 0 Å². The fourth-order valence-corrected chi connectivity index (χ4v) is 5.09. The molecule has 1 aromatic carbocycles. The summed E-state index contributed by atoms with van der Waals surface area (Å²) in [5.41, 5.74) is 3.11. The van der Waals surface area contributed by atoms with E-state index in [2.05, 4.69) is 21.8 Å². The average molecular weight is 412 g/mol. The van der Waals surface area contributed by atoms with Crippen LogP contribution in [0.5, 0.6) is 0 Å².